The zero-order valence-corrected chi connectivity index (χ0v) is 19.0. The van der Waals surface area contributed by atoms with Gasteiger partial charge in [0.05, 0.1) is 28.6 Å². The lowest BCUT2D eigenvalue weighted by molar-refractivity contribution is -0.120. The molecule has 2 aromatic heterocycles. The van der Waals surface area contributed by atoms with E-state index < -0.39 is 31.6 Å². The van der Waals surface area contributed by atoms with Crippen molar-refractivity contribution < 1.29 is 26.5 Å². The van der Waals surface area contributed by atoms with Crippen molar-refractivity contribution in [2.45, 2.75) is 67.9 Å². The SMILES string of the molecule is Cc1ncc(C2(c3cc(CC(=O)C(C)(C)S(=O)(=O)c4ccc(F)cc4)on3)CCCC2)o1. The van der Waals surface area contributed by atoms with Gasteiger partial charge in [0.15, 0.2) is 21.5 Å². The number of ketones is 1. The highest BCUT2D eigenvalue weighted by molar-refractivity contribution is 7.93. The Balaban J connectivity index is 1.59. The number of nitrogens with zero attached hydrogens (tertiary/aromatic N) is 2. The largest absolute Gasteiger partial charge is 0.445 e. The molecular formula is C23H25FN2O5S. The Labute approximate surface area is 185 Å². The van der Waals surface area contributed by atoms with Gasteiger partial charge in [-0.2, -0.15) is 0 Å². The number of rotatable bonds is 7. The van der Waals surface area contributed by atoms with E-state index in [1.165, 1.54) is 13.8 Å². The number of hydrogen-bond acceptors (Lipinski definition) is 7. The molecule has 1 fully saturated rings. The molecule has 7 nitrogen and oxygen atoms in total. The molecule has 0 aliphatic heterocycles. The fourth-order valence-corrected chi connectivity index (χ4v) is 5.70. The Kier molecular flexibility index (Phi) is 5.56. The van der Waals surface area contributed by atoms with Crippen molar-refractivity contribution in [3.05, 3.63) is 65.5 Å². The van der Waals surface area contributed by atoms with Crippen LogP contribution in [0.5, 0.6) is 0 Å². The van der Waals surface area contributed by atoms with E-state index in [0.717, 1.165) is 55.7 Å². The highest BCUT2D eigenvalue weighted by Gasteiger charge is 2.45. The molecule has 1 aliphatic carbocycles. The normalized spacial score (nSPS) is 16.4. The first-order chi connectivity index (χ1) is 15.1. The van der Waals surface area contributed by atoms with Crippen LogP contribution >= 0.6 is 0 Å². The van der Waals surface area contributed by atoms with E-state index in [9.17, 15) is 17.6 Å². The van der Waals surface area contributed by atoms with Gasteiger partial charge in [0.2, 0.25) is 0 Å². The second-order valence-electron chi connectivity index (χ2n) is 8.78. The first-order valence-electron chi connectivity index (χ1n) is 10.5. The molecule has 1 aliphatic rings. The molecule has 170 valence electrons. The second kappa shape index (κ2) is 7.95. The van der Waals surface area contributed by atoms with Crippen molar-refractivity contribution in [3.8, 4) is 0 Å². The van der Waals surface area contributed by atoms with Crippen LogP contribution in [0.15, 0.2) is 50.4 Å². The van der Waals surface area contributed by atoms with Crippen LogP contribution in [0.4, 0.5) is 4.39 Å². The monoisotopic (exact) mass is 460 g/mol. The Hall–Kier alpha value is -2.81. The van der Waals surface area contributed by atoms with E-state index in [0.29, 0.717) is 11.6 Å². The Morgan fingerprint density at radius 1 is 1.19 bits per heavy atom. The lowest BCUT2D eigenvalue weighted by atomic mass is 9.80. The Morgan fingerprint density at radius 2 is 1.84 bits per heavy atom. The molecular weight excluding hydrogens is 435 g/mol. The minimum Gasteiger partial charge on any atom is -0.445 e. The van der Waals surface area contributed by atoms with Crippen LogP contribution in [-0.4, -0.2) is 29.1 Å². The van der Waals surface area contributed by atoms with Gasteiger partial charge >= 0.3 is 0 Å². The van der Waals surface area contributed by atoms with Gasteiger partial charge in [-0.1, -0.05) is 18.0 Å². The number of oxazole rings is 1. The van der Waals surface area contributed by atoms with Gasteiger partial charge in [-0.05, 0) is 51.0 Å². The number of benzene rings is 1. The number of Topliss-reactive ketones (excluding diaryl/α,β-unsaturated/α-hetero) is 1. The van der Waals surface area contributed by atoms with Crippen LogP contribution in [0.25, 0.3) is 0 Å². The molecule has 32 heavy (non-hydrogen) atoms. The molecule has 4 rings (SSSR count). The first-order valence-corrected chi connectivity index (χ1v) is 12.0. The fraction of sp³-hybridized carbons (Fsp3) is 0.435. The third-order valence-corrected chi connectivity index (χ3v) is 8.87. The Morgan fingerprint density at radius 3 is 2.44 bits per heavy atom. The van der Waals surface area contributed by atoms with Crippen molar-refractivity contribution in [1.29, 1.82) is 0 Å². The molecule has 1 saturated carbocycles. The highest BCUT2D eigenvalue weighted by Crippen LogP contribution is 2.46. The molecule has 0 unspecified atom stereocenters. The van der Waals surface area contributed by atoms with Gasteiger partial charge in [-0.15, -0.1) is 0 Å². The summed E-state index contributed by atoms with van der Waals surface area (Å²) in [6.07, 6.45) is 5.14. The summed E-state index contributed by atoms with van der Waals surface area (Å²) >= 11 is 0. The predicted octanol–water partition coefficient (Wildman–Crippen LogP) is 4.33. The van der Waals surface area contributed by atoms with Gasteiger partial charge in [0.25, 0.3) is 0 Å². The summed E-state index contributed by atoms with van der Waals surface area (Å²) in [4.78, 5) is 17.1. The summed E-state index contributed by atoms with van der Waals surface area (Å²) in [7, 11) is -4.04. The average molecular weight is 461 g/mol. The van der Waals surface area contributed by atoms with Crippen molar-refractivity contribution in [3.63, 3.8) is 0 Å². The number of halogens is 1. The van der Waals surface area contributed by atoms with Crippen molar-refractivity contribution in [2.24, 2.45) is 0 Å². The van der Waals surface area contributed by atoms with Crippen LogP contribution in [0.1, 0.15) is 62.6 Å². The third-order valence-electron chi connectivity index (χ3n) is 6.40. The molecule has 0 spiro atoms. The third kappa shape index (κ3) is 3.68. The standard InChI is InChI=1S/C23H25FN2O5S/c1-15-25-14-21(30-15)23(10-4-5-11-23)19-12-17(31-26-19)13-20(27)22(2,3)32(28,29)18-8-6-16(24)7-9-18/h6-9,12,14H,4-5,10-11,13H2,1-3H3. The highest BCUT2D eigenvalue weighted by atomic mass is 32.2. The predicted molar refractivity (Wildman–Crippen MR) is 113 cm³/mol. The van der Waals surface area contributed by atoms with E-state index in [1.54, 1.807) is 19.2 Å². The minimum absolute atomic E-state index is 0.110. The lowest BCUT2D eigenvalue weighted by Gasteiger charge is -2.23. The summed E-state index contributed by atoms with van der Waals surface area (Å²) in [6.45, 7) is 4.48. The van der Waals surface area contributed by atoms with Gasteiger partial charge in [0.1, 0.15) is 22.1 Å². The van der Waals surface area contributed by atoms with Gasteiger partial charge in [0, 0.05) is 13.0 Å². The molecule has 0 saturated heterocycles. The molecule has 0 bridgehead atoms. The number of sulfone groups is 1. The summed E-state index contributed by atoms with van der Waals surface area (Å²) in [5.41, 5.74) is 0.204. The number of carbonyl (C=O) groups excluding carboxylic acids is 1. The topological polar surface area (TPSA) is 103 Å². The van der Waals surface area contributed by atoms with Crippen LogP contribution in [0, 0.1) is 12.7 Å². The molecule has 3 aromatic rings. The van der Waals surface area contributed by atoms with Crippen LogP contribution in [0.3, 0.4) is 0 Å². The molecule has 0 N–H and O–H groups in total. The quantitative estimate of drug-likeness (QED) is 0.483. The minimum atomic E-state index is -4.04. The van der Waals surface area contributed by atoms with Crippen LogP contribution < -0.4 is 0 Å². The number of hydrogen-bond donors (Lipinski definition) is 0. The summed E-state index contributed by atoms with van der Waals surface area (Å²) < 4.78 is 48.8. The number of aromatic nitrogens is 2. The fourth-order valence-electron chi connectivity index (χ4n) is 4.24. The van der Waals surface area contributed by atoms with Crippen molar-refractivity contribution >= 4 is 15.6 Å². The molecule has 9 heteroatoms. The zero-order valence-electron chi connectivity index (χ0n) is 18.2. The van der Waals surface area contributed by atoms with Crippen molar-refractivity contribution in [2.75, 3.05) is 0 Å². The summed E-state index contributed by atoms with van der Waals surface area (Å²) in [5, 5.41) is 4.22. The van der Waals surface area contributed by atoms with E-state index in [2.05, 4.69) is 10.1 Å². The smallest absolute Gasteiger partial charge is 0.191 e. The number of aryl methyl sites for hydroxylation is 1. The second-order valence-corrected chi connectivity index (χ2v) is 11.3. The zero-order chi connectivity index (χ0) is 23.1. The van der Waals surface area contributed by atoms with Crippen LogP contribution in [-0.2, 0) is 26.5 Å². The molecule has 0 amide bonds. The summed E-state index contributed by atoms with van der Waals surface area (Å²) in [6, 6.07) is 6.15. The molecule has 1 aromatic carbocycles. The average Bonchev–Trinajstić information content (AvgIpc) is 3.49. The lowest BCUT2D eigenvalue weighted by Crippen LogP contribution is -2.41. The van der Waals surface area contributed by atoms with Gasteiger partial charge < -0.3 is 8.94 Å². The molecule has 0 radical (unpaired) electrons. The van der Waals surface area contributed by atoms with Gasteiger partial charge in [-0.3, -0.25) is 4.79 Å². The maximum atomic E-state index is 13.2. The van der Waals surface area contributed by atoms with E-state index in [-0.39, 0.29) is 17.1 Å². The van der Waals surface area contributed by atoms with Crippen molar-refractivity contribution in [1.82, 2.24) is 10.1 Å². The van der Waals surface area contributed by atoms with E-state index >= 15 is 0 Å². The van der Waals surface area contributed by atoms with Gasteiger partial charge in [-0.25, -0.2) is 17.8 Å². The summed E-state index contributed by atoms with van der Waals surface area (Å²) in [5.74, 6) is 0.483. The van der Waals surface area contributed by atoms with E-state index in [4.69, 9.17) is 8.94 Å². The molecule has 0 atom stereocenters. The number of carbonyl (C=O) groups is 1. The maximum absolute atomic E-state index is 13.2. The first kappa shape index (κ1) is 22.4. The maximum Gasteiger partial charge on any atom is 0.191 e. The Bertz CT molecular complexity index is 1240. The van der Waals surface area contributed by atoms with E-state index in [1.807, 2.05) is 0 Å². The van der Waals surface area contributed by atoms with Crippen LogP contribution in [0.2, 0.25) is 0 Å². The molecule has 2 heterocycles.